The minimum absolute atomic E-state index is 0.310. The van der Waals surface area contributed by atoms with E-state index in [-0.39, 0.29) is 0 Å². The smallest absolute Gasteiger partial charge is 0.338 e. The number of hydrogen-bond acceptors (Lipinski definition) is 5. The van der Waals surface area contributed by atoms with E-state index >= 15 is 0 Å². The predicted octanol–water partition coefficient (Wildman–Crippen LogP) is 4.67. The van der Waals surface area contributed by atoms with Gasteiger partial charge in [-0.3, -0.25) is 0 Å². The maximum atomic E-state index is 11.6. The maximum absolute atomic E-state index is 11.6. The Bertz CT molecular complexity index is 711. The fraction of sp³-hybridized carbons (Fsp3) is 0.278. The Labute approximate surface area is 156 Å². The number of ether oxygens (including phenoxy) is 2. The molecule has 0 saturated carbocycles. The molecular weight excluding hydrogens is 365 g/mol. The second-order valence-corrected chi connectivity index (χ2v) is 5.91. The number of carbonyl (C=O) groups excluding carboxylic acids is 1. The third-order valence-corrected chi connectivity index (χ3v) is 3.89. The SMILES string of the molecule is CCOC(=O)c1ccc(C(O)Nc2cc(Cl)c(OCC)c(Cl)c2)cc1. The first-order chi connectivity index (χ1) is 12.0. The Kier molecular flexibility index (Phi) is 6.93. The van der Waals surface area contributed by atoms with E-state index in [0.29, 0.717) is 45.8 Å². The van der Waals surface area contributed by atoms with Gasteiger partial charge in [0.1, 0.15) is 0 Å². The van der Waals surface area contributed by atoms with Gasteiger partial charge in [0.2, 0.25) is 0 Å². The summed E-state index contributed by atoms with van der Waals surface area (Å²) in [6.45, 7) is 4.33. The monoisotopic (exact) mass is 383 g/mol. The molecule has 1 unspecified atom stereocenters. The third kappa shape index (κ3) is 5.01. The minimum Gasteiger partial charge on any atom is -0.491 e. The number of esters is 1. The number of carbonyl (C=O) groups is 1. The van der Waals surface area contributed by atoms with Crippen LogP contribution in [0.25, 0.3) is 0 Å². The van der Waals surface area contributed by atoms with Crippen molar-refractivity contribution in [3.63, 3.8) is 0 Å². The van der Waals surface area contributed by atoms with Crippen LogP contribution in [0.4, 0.5) is 5.69 Å². The summed E-state index contributed by atoms with van der Waals surface area (Å²) in [4.78, 5) is 11.6. The van der Waals surface area contributed by atoms with E-state index in [0.717, 1.165) is 0 Å². The van der Waals surface area contributed by atoms with Crippen LogP contribution in [-0.2, 0) is 4.74 Å². The van der Waals surface area contributed by atoms with E-state index in [1.54, 1.807) is 43.3 Å². The zero-order valence-electron chi connectivity index (χ0n) is 13.9. The molecule has 0 spiro atoms. The largest absolute Gasteiger partial charge is 0.491 e. The number of benzene rings is 2. The number of halogens is 2. The first kappa shape index (κ1) is 19.4. The van der Waals surface area contributed by atoms with Gasteiger partial charge >= 0.3 is 5.97 Å². The van der Waals surface area contributed by atoms with Gasteiger partial charge in [-0.25, -0.2) is 4.79 Å². The van der Waals surface area contributed by atoms with E-state index in [4.69, 9.17) is 32.7 Å². The van der Waals surface area contributed by atoms with Crippen molar-refractivity contribution in [3.05, 3.63) is 57.6 Å². The summed E-state index contributed by atoms with van der Waals surface area (Å²) >= 11 is 12.3. The molecule has 0 amide bonds. The van der Waals surface area contributed by atoms with Crippen LogP contribution in [-0.4, -0.2) is 24.3 Å². The Morgan fingerprint density at radius 3 is 2.24 bits per heavy atom. The highest BCUT2D eigenvalue weighted by Crippen LogP contribution is 2.36. The second-order valence-electron chi connectivity index (χ2n) is 5.09. The van der Waals surface area contributed by atoms with Crippen molar-refractivity contribution < 1.29 is 19.4 Å². The average Bonchev–Trinajstić information content (AvgIpc) is 2.58. The molecule has 1 atom stereocenters. The lowest BCUT2D eigenvalue weighted by molar-refractivity contribution is 0.0526. The number of aliphatic hydroxyl groups is 1. The number of nitrogens with one attached hydrogen (secondary N) is 1. The number of anilines is 1. The summed E-state index contributed by atoms with van der Waals surface area (Å²) in [5.41, 5.74) is 1.54. The van der Waals surface area contributed by atoms with Crippen molar-refractivity contribution in [1.29, 1.82) is 0 Å². The average molecular weight is 384 g/mol. The van der Waals surface area contributed by atoms with Gasteiger partial charge in [0.05, 0.1) is 28.8 Å². The molecule has 2 aromatic rings. The van der Waals surface area contributed by atoms with Gasteiger partial charge in [-0.15, -0.1) is 0 Å². The predicted molar refractivity (Wildman–Crippen MR) is 98.6 cm³/mol. The number of aliphatic hydroxyl groups excluding tert-OH is 1. The van der Waals surface area contributed by atoms with Crippen molar-refractivity contribution in [3.8, 4) is 5.75 Å². The molecule has 0 aliphatic carbocycles. The van der Waals surface area contributed by atoms with Gasteiger partial charge in [0.25, 0.3) is 0 Å². The van der Waals surface area contributed by atoms with Crippen molar-refractivity contribution in [2.45, 2.75) is 20.1 Å². The van der Waals surface area contributed by atoms with E-state index in [9.17, 15) is 9.90 Å². The highest BCUT2D eigenvalue weighted by atomic mass is 35.5. The van der Waals surface area contributed by atoms with Gasteiger partial charge < -0.3 is 19.9 Å². The molecule has 2 aromatic carbocycles. The normalized spacial score (nSPS) is 11.7. The Morgan fingerprint density at radius 1 is 1.12 bits per heavy atom. The first-order valence-electron chi connectivity index (χ1n) is 7.79. The molecule has 0 bridgehead atoms. The van der Waals surface area contributed by atoms with Crippen molar-refractivity contribution in [1.82, 2.24) is 0 Å². The summed E-state index contributed by atoms with van der Waals surface area (Å²) in [7, 11) is 0. The molecule has 5 nitrogen and oxygen atoms in total. The lowest BCUT2D eigenvalue weighted by Gasteiger charge is -2.17. The molecule has 0 aromatic heterocycles. The number of rotatable bonds is 7. The van der Waals surface area contributed by atoms with Crippen LogP contribution in [0, 0.1) is 0 Å². The summed E-state index contributed by atoms with van der Waals surface area (Å²) in [5.74, 6) is 0.00578. The van der Waals surface area contributed by atoms with Gasteiger partial charge in [-0.05, 0) is 38.1 Å². The topological polar surface area (TPSA) is 67.8 Å². The van der Waals surface area contributed by atoms with Crippen LogP contribution in [0.5, 0.6) is 5.75 Å². The summed E-state index contributed by atoms with van der Waals surface area (Å²) in [5, 5.41) is 13.9. The van der Waals surface area contributed by atoms with E-state index < -0.39 is 12.2 Å². The Morgan fingerprint density at radius 2 is 1.72 bits per heavy atom. The van der Waals surface area contributed by atoms with Gasteiger partial charge in [0, 0.05) is 11.3 Å². The van der Waals surface area contributed by atoms with Crippen molar-refractivity contribution in [2.24, 2.45) is 0 Å². The second kappa shape index (κ2) is 8.94. The van der Waals surface area contributed by atoms with Crippen molar-refractivity contribution in [2.75, 3.05) is 18.5 Å². The molecule has 2 rings (SSSR count). The van der Waals surface area contributed by atoms with Crippen LogP contribution in [0.3, 0.4) is 0 Å². The molecule has 0 saturated heterocycles. The van der Waals surface area contributed by atoms with Crippen LogP contribution >= 0.6 is 23.2 Å². The highest BCUT2D eigenvalue weighted by molar-refractivity contribution is 6.37. The van der Waals surface area contributed by atoms with E-state index in [1.807, 2.05) is 6.92 Å². The quantitative estimate of drug-likeness (QED) is 0.536. The Hall–Kier alpha value is -1.95. The molecule has 0 aliphatic heterocycles. The fourth-order valence-corrected chi connectivity index (χ4v) is 2.78. The molecular formula is C18H19Cl2NO4. The van der Waals surface area contributed by atoms with Crippen LogP contribution in [0.15, 0.2) is 36.4 Å². The molecule has 7 heteroatoms. The Balaban J connectivity index is 2.11. The standard InChI is InChI=1S/C18H19Cl2NO4/c1-3-24-16-14(19)9-13(10-15(16)20)21-17(22)11-5-7-12(8-6-11)18(23)25-4-2/h5-10,17,21-22H,3-4H2,1-2H3. The highest BCUT2D eigenvalue weighted by Gasteiger charge is 2.13. The van der Waals surface area contributed by atoms with Gasteiger partial charge in [-0.2, -0.15) is 0 Å². The van der Waals surface area contributed by atoms with Gasteiger partial charge in [0.15, 0.2) is 12.0 Å². The maximum Gasteiger partial charge on any atom is 0.338 e. The molecule has 0 radical (unpaired) electrons. The zero-order valence-corrected chi connectivity index (χ0v) is 15.4. The van der Waals surface area contributed by atoms with Crippen molar-refractivity contribution >= 4 is 34.9 Å². The third-order valence-electron chi connectivity index (χ3n) is 3.33. The fourth-order valence-electron chi connectivity index (χ4n) is 2.18. The van der Waals surface area contributed by atoms with Gasteiger partial charge in [-0.1, -0.05) is 35.3 Å². The van der Waals surface area contributed by atoms with Crippen LogP contribution in [0.1, 0.15) is 36.0 Å². The molecule has 2 N–H and O–H groups in total. The molecule has 0 heterocycles. The summed E-state index contributed by atoms with van der Waals surface area (Å²) in [6, 6.07) is 9.71. The van der Waals surface area contributed by atoms with E-state index in [1.165, 1.54) is 0 Å². The minimum atomic E-state index is -0.999. The lowest BCUT2D eigenvalue weighted by atomic mass is 10.1. The van der Waals surface area contributed by atoms with Crippen LogP contribution in [0.2, 0.25) is 10.0 Å². The number of hydrogen-bond donors (Lipinski definition) is 2. The molecule has 134 valence electrons. The summed E-state index contributed by atoms with van der Waals surface area (Å²) < 4.78 is 10.3. The van der Waals surface area contributed by atoms with Crippen LogP contribution < -0.4 is 10.1 Å². The summed E-state index contributed by atoms with van der Waals surface area (Å²) in [6.07, 6.45) is -0.999. The lowest BCUT2D eigenvalue weighted by Crippen LogP contribution is -2.11. The zero-order chi connectivity index (χ0) is 18.4. The van der Waals surface area contributed by atoms with E-state index in [2.05, 4.69) is 5.32 Å². The molecule has 0 fully saturated rings. The first-order valence-corrected chi connectivity index (χ1v) is 8.55. The molecule has 0 aliphatic rings. The molecule has 25 heavy (non-hydrogen) atoms.